The summed E-state index contributed by atoms with van der Waals surface area (Å²) in [6.07, 6.45) is 5.02. The van der Waals surface area contributed by atoms with Gasteiger partial charge in [-0.1, -0.05) is 24.3 Å². The van der Waals surface area contributed by atoms with Crippen molar-refractivity contribution in [2.75, 3.05) is 37.7 Å². The van der Waals surface area contributed by atoms with Crippen molar-refractivity contribution >= 4 is 22.8 Å². The molecule has 2 aromatic heterocycles. The van der Waals surface area contributed by atoms with E-state index in [1.165, 1.54) is 11.8 Å². The highest BCUT2D eigenvalue weighted by Gasteiger charge is 2.19. The molecule has 0 aliphatic carbocycles. The smallest absolute Gasteiger partial charge is 0.257 e. The summed E-state index contributed by atoms with van der Waals surface area (Å²) in [5.41, 5.74) is 2.62. The Morgan fingerprint density at radius 1 is 1.03 bits per heavy atom. The van der Waals surface area contributed by atoms with Crippen LogP contribution in [-0.4, -0.2) is 58.5 Å². The minimum absolute atomic E-state index is 0.0813. The number of rotatable bonds is 8. The van der Waals surface area contributed by atoms with Crippen LogP contribution in [0.5, 0.6) is 5.75 Å². The van der Waals surface area contributed by atoms with Crippen LogP contribution in [0, 0.1) is 0 Å². The van der Waals surface area contributed by atoms with Crippen molar-refractivity contribution in [1.29, 1.82) is 0 Å². The minimum atomic E-state index is -0.408. The third kappa shape index (κ3) is 5.78. The lowest BCUT2D eigenvalue weighted by Crippen LogP contribution is -2.46. The van der Waals surface area contributed by atoms with Crippen molar-refractivity contribution in [2.24, 2.45) is 0 Å². The molecule has 0 unspecified atom stereocenters. The van der Waals surface area contributed by atoms with E-state index in [4.69, 9.17) is 4.74 Å². The van der Waals surface area contributed by atoms with Gasteiger partial charge in [0, 0.05) is 68.8 Å². The number of aromatic nitrogens is 3. The van der Waals surface area contributed by atoms with E-state index in [-0.39, 0.29) is 11.0 Å². The second-order valence-corrected chi connectivity index (χ2v) is 8.98. The summed E-state index contributed by atoms with van der Waals surface area (Å²) in [6.45, 7) is 7.28. The SMILES string of the molecule is CCOc1ccc2[nH]cc(C(=O)NCc3ccc(CN4CCN(c5ncccn5)CC4)cc3)c(=O)c2c1. The Bertz CT molecular complexity index is 1410. The standard InChI is InChI=1S/C28H30N6O3/c1-2-37-22-8-9-25-23(16-22)26(35)24(18-31-25)27(36)32-17-20-4-6-21(7-5-20)19-33-12-14-34(15-13-33)28-29-10-3-11-30-28/h3-11,16,18H,2,12-15,17,19H2,1H3,(H,31,35)(H,32,36). The molecule has 2 aromatic carbocycles. The number of anilines is 1. The number of carbonyl (C=O) groups excluding carboxylic acids is 1. The van der Waals surface area contributed by atoms with Gasteiger partial charge in [-0.05, 0) is 42.3 Å². The van der Waals surface area contributed by atoms with Crippen LogP contribution in [0.15, 0.2) is 71.9 Å². The van der Waals surface area contributed by atoms with Gasteiger partial charge in [-0.25, -0.2) is 9.97 Å². The fourth-order valence-corrected chi connectivity index (χ4v) is 4.48. The Labute approximate surface area is 215 Å². The summed E-state index contributed by atoms with van der Waals surface area (Å²) in [7, 11) is 0. The van der Waals surface area contributed by atoms with Gasteiger partial charge in [-0.3, -0.25) is 14.5 Å². The number of pyridine rings is 1. The second kappa shape index (κ2) is 11.2. The number of hydrogen-bond acceptors (Lipinski definition) is 7. The molecule has 9 heteroatoms. The van der Waals surface area contributed by atoms with Gasteiger partial charge in [0.15, 0.2) is 0 Å². The molecule has 0 radical (unpaired) electrons. The summed E-state index contributed by atoms with van der Waals surface area (Å²) in [5.74, 6) is 0.981. The molecule has 0 spiro atoms. The highest BCUT2D eigenvalue weighted by molar-refractivity contribution is 5.97. The molecule has 190 valence electrons. The van der Waals surface area contributed by atoms with Crippen molar-refractivity contribution in [3.8, 4) is 5.75 Å². The Morgan fingerprint density at radius 2 is 1.76 bits per heavy atom. The van der Waals surface area contributed by atoms with Crippen LogP contribution < -0.4 is 20.4 Å². The maximum Gasteiger partial charge on any atom is 0.257 e. The molecular weight excluding hydrogens is 468 g/mol. The first-order valence-corrected chi connectivity index (χ1v) is 12.5. The quantitative estimate of drug-likeness (QED) is 0.385. The van der Waals surface area contributed by atoms with Crippen LogP contribution >= 0.6 is 0 Å². The Balaban J connectivity index is 1.15. The van der Waals surface area contributed by atoms with Crippen molar-refractivity contribution in [3.05, 3.63) is 94.0 Å². The average Bonchev–Trinajstić information content (AvgIpc) is 2.94. The van der Waals surface area contributed by atoms with E-state index in [2.05, 4.69) is 42.2 Å². The first-order chi connectivity index (χ1) is 18.1. The summed E-state index contributed by atoms with van der Waals surface area (Å²) >= 11 is 0. The van der Waals surface area contributed by atoms with Gasteiger partial charge in [-0.2, -0.15) is 0 Å². The van der Waals surface area contributed by atoms with Crippen LogP contribution in [0.3, 0.4) is 0 Å². The van der Waals surface area contributed by atoms with Gasteiger partial charge in [0.25, 0.3) is 5.91 Å². The van der Waals surface area contributed by atoms with Crippen molar-refractivity contribution in [2.45, 2.75) is 20.0 Å². The largest absolute Gasteiger partial charge is 0.494 e. The lowest BCUT2D eigenvalue weighted by Gasteiger charge is -2.34. The van der Waals surface area contributed by atoms with Crippen LogP contribution in [0.25, 0.3) is 10.9 Å². The summed E-state index contributed by atoms with van der Waals surface area (Å²) in [6, 6.07) is 15.3. The average molecular weight is 499 g/mol. The van der Waals surface area contributed by atoms with Crippen LogP contribution in [0.1, 0.15) is 28.4 Å². The molecule has 1 aliphatic heterocycles. The summed E-state index contributed by atoms with van der Waals surface area (Å²) in [5, 5.41) is 3.29. The molecule has 5 rings (SSSR count). The number of hydrogen-bond donors (Lipinski definition) is 2. The van der Waals surface area contributed by atoms with Gasteiger partial charge in [0.2, 0.25) is 11.4 Å². The fraction of sp³-hybridized carbons (Fsp3) is 0.286. The number of carbonyl (C=O) groups is 1. The van der Waals surface area contributed by atoms with E-state index in [9.17, 15) is 9.59 Å². The molecule has 3 heterocycles. The van der Waals surface area contributed by atoms with E-state index >= 15 is 0 Å². The number of piperazine rings is 1. The number of nitrogens with one attached hydrogen (secondary N) is 2. The van der Waals surface area contributed by atoms with Crippen molar-refractivity contribution in [1.82, 2.24) is 25.2 Å². The number of benzene rings is 2. The van der Waals surface area contributed by atoms with Crippen LogP contribution in [0.4, 0.5) is 5.95 Å². The number of fused-ring (bicyclic) bond motifs is 1. The molecule has 1 saturated heterocycles. The zero-order valence-electron chi connectivity index (χ0n) is 20.8. The monoisotopic (exact) mass is 498 g/mol. The van der Waals surface area contributed by atoms with Crippen LogP contribution in [0.2, 0.25) is 0 Å². The molecule has 2 N–H and O–H groups in total. The predicted octanol–water partition coefficient (Wildman–Crippen LogP) is 2.97. The van der Waals surface area contributed by atoms with Crippen LogP contribution in [-0.2, 0) is 13.1 Å². The first kappa shape index (κ1) is 24.5. The molecule has 0 saturated carbocycles. The molecule has 1 fully saturated rings. The minimum Gasteiger partial charge on any atom is -0.494 e. The van der Waals surface area contributed by atoms with Gasteiger partial charge in [-0.15, -0.1) is 0 Å². The lowest BCUT2D eigenvalue weighted by molar-refractivity contribution is 0.0949. The van der Waals surface area contributed by atoms with E-state index in [0.29, 0.717) is 29.8 Å². The van der Waals surface area contributed by atoms with E-state index in [1.807, 2.05) is 25.1 Å². The number of ether oxygens (including phenoxy) is 1. The number of aromatic amines is 1. The molecule has 1 amide bonds. The lowest BCUT2D eigenvalue weighted by atomic mass is 10.1. The molecule has 1 aliphatic rings. The fourth-order valence-electron chi connectivity index (χ4n) is 4.48. The highest BCUT2D eigenvalue weighted by Crippen LogP contribution is 2.17. The Hall–Kier alpha value is -4.24. The molecular formula is C28H30N6O3. The molecule has 0 atom stereocenters. The third-order valence-corrected chi connectivity index (χ3v) is 6.50. The third-order valence-electron chi connectivity index (χ3n) is 6.50. The van der Waals surface area contributed by atoms with E-state index in [1.54, 1.807) is 30.6 Å². The van der Waals surface area contributed by atoms with E-state index < -0.39 is 5.91 Å². The second-order valence-electron chi connectivity index (χ2n) is 8.98. The highest BCUT2D eigenvalue weighted by atomic mass is 16.5. The van der Waals surface area contributed by atoms with Gasteiger partial charge >= 0.3 is 0 Å². The van der Waals surface area contributed by atoms with Gasteiger partial charge in [0.05, 0.1) is 6.61 Å². The van der Waals surface area contributed by atoms with Gasteiger partial charge in [0.1, 0.15) is 11.3 Å². The Morgan fingerprint density at radius 3 is 2.49 bits per heavy atom. The number of nitrogens with zero attached hydrogens (tertiary/aromatic N) is 4. The topological polar surface area (TPSA) is 103 Å². The predicted molar refractivity (Wildman–Crippen MR) is 143 cm³/mol. The maximum absolute atomic E-state index is 12.9. The van der Waals surface area contributed by atoms with Crippen molar-refractivity contribution < 1.29 is 9.53 Å². The van der Waals surface area contributed by atoms with Crippen molar-refractivity contribution in [3.63, 3.8) is 0 Å². The Kier molecular flexibility index (Phi) is 7.41. The molecule has 9 nitrogen and oxygen atoms in total. The number of amides is 1. The van der Waals surface area contributed by atoms with E-state index in [0.717, 1.165) is 44.2 Å². The molecule has 4 aromatic rings. The summed E-state index contributed by atoms with van der Waals surface area (Å²) in [4.78, 5) is 42.0. The zero-order valence-corrected chi connectivity index (χ0v) is 20.8. The van der Waals surface area contributed by atoms with Gasteiger partial charge < -0.3 is 19.9 Å². The number of H-pyrrole nitrogens is 1. The maximum atomic E-state index is 12.9. The first-order valence-electron chi connectivity index (χ1n) is 12.5. The summed E-state index contributed by atoms with van der Waals surface area (Å²) < 4.78 is 5.49. The molecule has 37 heavy (non-hydrogen) atoms. The zero-order chi connectivity index (χ0) is 25.6. The molecule has 0 bridgehead atoms. The normalized spacial score (nSPS) is 14.0.